The Morgan fingerprint density at radius 1 is 1.19 bits per heavy atom. The predicted molar refractivity (Wildman–Crippen MR) is 82.3 cm³/mol. The Labute approximate surface area is 122 Å². The molecule has 2 aromatic rings. The number of benzene rings is 1. The summed E-state index contributed by atoms with van der Waals surface area (Å²) in [7, 11) is 0. The van der Waals surface area contributed by atoms with Crippen LogP contribution < -0.4 is 11.1 Å². The Bertz CT molecular complexity index is 666. The number of nitrogens with two attached hydrogens (primary N) is 1. The molecular weight excluding hydrogens is 268 g/mol. The van der Waals surface area contributed by atoms with Crippen LogP contribution >= 0.6 is 0 Å². The van der Waals surface area contributed by atoms with Crippen molar-refractivity contribution in [2.24, 2.45) is 5.73 Å². The van der Waals surface area contributed by atoms with Crippen molar-refractivity contribution >= 4 is 22.1 Å². The number of pyridine rings is 1. The van der Waals surface area contributed by atoms with E-state index >= 15 is 0 Å². The van der Waals surface area contributed by atoms with Crippen LogP contribution in [0.2, 0.25) is 0 Å². The van der Waals surface area contributed by atoms with Crippen molar-refractivity contribution < 1.29 is 4.92 Å². The fraction of sp³-hybridized carbons (Fsp3) is 0.400. The van der Waals surface area contributed by atoms with E-state index in [1.807, 2.05) is 6.07 Å². The maximum atomic E-state index is 11.1. The van der Waals surface area contributed by atoms with Gasteiger partial charge in [0, 0.05) is 41.6 Å². The van der Waals surface area contributed by atoms with Crippen LogP contribution in [0.5, 0.6) is 0 Å². The number of hydrogen-bond acceptors (Lipinski definition) is 5. The molecule has 3 N–H and O–H groups in total. The maximum Gasteiger partial charge on any atom is 0.278 e. The van der Waals surface area contributed by atoms with E-state index in [4.69, 9.17) is 5.73 Å². The van der Waals surface area contributed by atoms with Crippen molar-refractivity contribution in [3.63, 3.8) is 0 Å². The molecule has 1 fully saturated rings. The van der Waals surface area contributed by atoms with Gasteiger partial charge in [-0.3, -0.25) is 15.1 Å². The average Bonchev–Trinajstić information content (AvgIpc) is 2.49. The summed E-state index contributed by atoms with van der Waals surface area (Å²) in [5.74, 6) is 0. The quantitative estimate of drug-likeness (QED) is 0.668. The summed E-state index contributed by atoms with van der Waals surface area (Å²) < 4.78 is 0. The second-order valence-corrected chi connectivity index (χ2v) is 5.57. The molecule has 1 aliphatic rings. The zero-order valence-corrected chi connectivity index (χ0v) is 11.7. The molecule has 6 heteroatoms. The number of rotatable bonds is 3. The van der Waals surface area contributed by atoms with Crippen LogP contribution in [0.15, 0.2) is 30.6 Å². The predicted octanol–water partition coefficient (Wildman–Crippen LogP) is 2.82. The van der Waals surface area contributed by atoms with E-state index in [-0.39, 0.29) is 10.6 Å². The summed E-state index contributed by atoms with van der Waals surface area (Å²) in [5, 5.41) is 16.0. The highest BCUT2D eigenvalue weighted by Gasteiger charge is 2.20. The van der Waals surface area contributed by atoms with E-state index in [9.17, 15) is 10.1 Å². The minimum atomic E-state index is -0.368. The molecule has 0 radical (unpaired) electrons. The second-order valence-electron chi connectivity index (χ2n) is 5.57. The van der Waals surface area contributed by atoms with Crippen LogP contribution in [-0.4, -0.2) is 22.0 Å². The summed E-state index contributed by atoms with van der Waals surface area (Å²) >= 11 is 0. The first kappa shape index (κ1) is 13.8. The molecule has 0 amide bonds. The topological polar surface area (TPSA) is 94.1 Å². The largest absolute Gasteiger partial charge is 0.382 e. The lowest BCUT2D eigenvalue weighted by Crippen LogP contribution is -2.32. The van der Waals surface area contributed by atoms with Gasteiger partial charge in [0.15, 0.2) is 0 Å². The van der Waals surface area contributed by atoms with Gasteiger partial charge in [-0.2, -0.15) is 0 Å². The van der Waals surface area contributed by atoms with Crippen LogP contribution in [-0.2, 0) is 0 Å². The van der Waals surface area contributed by atoms with E-state index in [0.717, 1.165) is 36.8 Å². The number of nitro benzene ring substituents is 1. The molecule has 0 unspecified atom stereocenters. The lowest BCUT2D eigenvalue weighted by Gasteiger charge is -2.28. The highest BCUT2D eigenvalue weighted by atomic mass is 16.6. The highest BCUT2D eigenvalue weighted by molar-refractivity contribution is 5.99. The first-order valence-corrected chi connectivity index (χ1v) is 7.18. The van der Waals surface area contributed by atoms with Gasteiger partial charge in [-0.05, 0) is 37.8 Å². The van der Waals surface area contributed by atoms with Crippen LogP contribution in [0.3, 0.4) is 0 Å². The smallest absolute Gasteiger partial charge is 0.278 e. The molecule has 6 nitrogen and oxygen atoms in total. The van der Waals surface area contributed by atoms with Crippen LogP contribution in [0.1, 0.15) is 25.7 Å². The van der Waals surface area contributed by atoms with Crippen LogP contribution in [0.25, 0.3) is 10.8 Å². The first-order valence-electron chi connectivity index (χ1n) is 7.18. The van der Waals surface area contributed by atoms with Gasteiger partial charge in [-0.25, -0.2) is 0 Å². The molecule has 0 aliphatic heterocycles. The van der Waals surface area contributed by atoms with Crippen LogP contribution in [0.4, 0.5) is 11.4 Å². The maximum absolute atomic E-state index is 11.1. The highest BCUT2D eigenvalue weighted by Crippen LogP contribution is 2.32. The lowest BCUT2D eigenvalue weighted by molar-refractivity contribution is -0.383. The summed E-state index contributed by atoms with van der Waals surface area (Å²) in [4.78, 5) is 14.7. The van der Waals surface area contributed by atoms with Gasteiger partial charge in [-0.15, -0.1) is 0 Å². The number of nitrogens with one attached hydrogen (secondary N) is 1. The average molecular weight is 286 g/mol. The second kappa shape index (κ2) is 5.65. The normalized spacial score (nSPS) is 22.1. The number of nitro groups is 1. The van der Waals surface area contributed by atoms with Gasteiger partial charge in [0.25, 0.3) is 5.69 Å². The fourth-order valence-electron chi connectivity index (χ4n) is 2.94. The molecule has 1 aliphatic carbocycles. The number of hydrogen-bond donors (Lipinski definition) is 2. The number of fused-ring (bicyclic) bond motifs is 1. The standard InChI is InChI=1S/C15H18N4O2/c16-10-1-3-11(4-2-10)18-14-5-6-15(19(20)21)13-9-17-8-7-12(13)14/h5-11,18H,1-4,16H2. The van der Waals surface area contributed by atoms with Crippen molar-refractivity contribution in [2.75, 3.05) is 5.32 Å². The molecular formula is C15H18N4O2. The Morgan fingerprint density at radius 3 is 2.67 bits per heavy atom. The summed E-state index contributed by atoms with van der Waals surface area (Å²) in [6.07, 6.45) is 7.31. The van der Waals surface area contributed by atoms with Crippen molar-refractivity contribution in [1.82, 2.24) is 4.98 Å². The van der Waals surface area contributed by atoms with Gasteiger partial charge in [0.1, 0.15) is 0 Å². The van der Waals surface area contributed by atoms with Crippen molar-refractivity contribution in [2.45, 2.75) is 37.8 Å². The SMILES string of the molecule is NC1CCC(Nc2ccc([N+](=O)[O-])c3cnccc23)CC1. The number of aromatic nitrogens is 1. The molecule has 0 atom stereocenters. The third-order valence-electron chi connectivity index (χ3n) is 4.12. The fourth-order valence-corrected chi connectivity index (χ4v) is 2.94. The number of non-ortho nitro benzene ring substituents is 1. The third kappa shape index (κ3) is 2.80. The number of anilines is 1. The first-order chi connectivity index (χ1) is 10.1. The van der Waals surface area contributed by atoms with Crippen LogP contribution in [0, 0.1) is 10.1 Å². The Morgan fingerprint density at radius 2 is 1.95 bits per heavy atom. The Hall–Kier alpha value is -2.21. The molecule has 1 aromatic carbocycles. The molecule has 21 heavy (non-hydrogen) atoms. The summed E-state index contributed by atoms with van der Waals surface area (Å²) in [6, 6.07) is 5.83. The summed E-state index contributed by atoms with van der Waals surface area (Å²) in [5.41, 5.74) is 6.94. The number of nitrogens with zero attached hydrogens (tertiary/aromatic N) is 2. The molecule has 110 valence electrons. The Balaban J connectivity index is 1.93. The van der Waals surface area contributed by atoms with E-state index < -0.39 is 0 Å². The molecule has 0 spiro atoms. The van der Waals surface area contributed by atoms with E-state index in [1.165, 1.54) is 0 Å². The third-order valence-corrected chi connectivity index (χ3v) is 4.12. The zero-order chi connectivity index (χ0) is 14.8. The van der Waals surface area contributed by atoms with E-state index in [1.54, 1.807) is 24.5 Å². The molecule has 3 rings (SSSR count). The van der Waals surface area contributed by atoms with Gasteiger partial charge < -0.3 is 11.1 Å². The van der Waals surface area contributed by atoms with Crippen molar-refractivity contribution in [3.8, 4) is 0 Å². The minimum Gasteiger partial charge on any atom is -0.382 e. The monoisotopic (exact) mass is 286 g/mol. The molecule has 0 saturated heterocycles. The Kier molecular flexibility index (Phi) is 3.70. The zero-order valence-electron chi connectivity index (χ0n) is 11.7. The lowest BCUT2D eigenvalue weighted by atomic mass is 9.91. The van der Waals surface area contributed by atoms with Gasteiger partial charge in [-0.1, -0.05) is 0 Å². The molecule has 1 aromatic heterocycles. The van der Waals surface area contributed by atoms with E-state index in [0.29, 0.717) is 17.5 Å². The summed E-state index contributed by atoms with van der Waals surface area (Å²) in [6.45, 7) is 0. The van der Waals surface area contributed by atoms with E-state index in [2.05, 4.69) is 10.3 Å². The molecule has 1 saturated carbocycles. The van der Waals surface area contributed by atoms with Crippen molar-refractivity contribution in [1.29, 1.82) is 0 Å². The van der Waals surface area contributed by atoms with Crippen molar-refractivity contribution in [3.05, 3.63) is 40.7 Å². The minimum absolute atomic E-state index is 0.0920. The van der Waals surface area contributed by atoms with Gasteiger partial charge in [0.2, 0.25) is 0 Å². The van der Waals surface area contributed by atoms with Gasteiger partial charge >= 0.3 is 0 Å². The van der Waals surface area contributed by atoms with Gasteiger partial charge in [0.05, 0.1) is 10.3 Å². The molecule has 0 bridgehead atoms. The molecule has 1 heterocycles.